The molecule has 1 aromatic rings. The summed E-state index contributed by atoms with van der Waals surface area (Å²) in [5.74, 6) is 2.40. The number of halogens is 2. The highest BCUT2D eigenvalue weighted by Crippen LogP contribution is 2.24. The second-order valence-electron chi connectivity index (χ2n) is 2.32. The average molecular weight is 200 g/mol. The summed E-state index contributed by atoms with van der Waals surface area (Å²) < 4.78 is 0. The smallest absolute Gasteiger partial charge is 0.0918 e. The van der Waals surface area contributed by atoms with Gasteiger partial charge in [0.05, 0.1) is 16.1 Å². The molecular weight excluding hydrogens is 193 g/mol. The second-order valence-corrected chi connectivity index (χ2v) is 3.13. The van der Waals surface area contributed by atoms with Crippen molar-refractivity contribution in [1.82, 2.24) is 0 Å². The maximum Gasteiger partial charge on any atom is 0.0918 e. The molecule has 1 atom stereocenters. The Labute approximate surface area is 81.5 Å². The van der Waals surface area contributed by atoms with E-state index in [2.05, 4.69) is 5.92 Å². The molecule has 0 amide bonds. The standard InChI is InChI=1S/C9H7Cl2N/c1-2-9(12)6-3-4-7(10)8(11)5-6/h1,3-5,9H,12H2. The summed E-state index contributed by atoms with van der Waals surface area (Å²) in [4.78, 5) is 0. The third-order valence-electron chi connectivity index (χ3n) is 1.48. The fourth-order valence-electron chi connectivity index (χ4n) is 0.802. The van der Waals surface area contributed by atoms with Gasteiger partial charge in [0.1, 0.15) is 0 Å². The molecule has 1 rings (SSSR count). The minimum Gasteiger partial charge on any atom is -0.314 e. The molecular formula is C9H7Cl2N. The topological polar surface area (TPSA) is 26.0 Å². The van der Waals surface area contributed by atoms with Gasteiger partial charge in [0.15, 0.2) is 0 Å². The van der Waals surface area contributed by atoms with Crippen LogP contribution < -0.4 is 5.73 Å². The van der Waals surface area contributed by atoms with Gasteiger partial charge in [0, 0.05) is 0 Å². The summed E-state index contributed by atoms with van der Waals surface area (Å²) in [6.07, 6.45) is 5.14. The summed E-state index contributed by atoms with van der Waals surface area (Å²) in [6.45, 7) is 0. The molecule has 0 aliphatic heterocycles. The van der Waals surface area contributed by atoms with Gasteiger partial charge in [0.2, 0.25) is 0 Å². The lowest BCUT2D eigenvalue weighted by Crippen LogP contribution is -2.06. The Morgan fingerprint density at radius 3 is 2.50 bits per heavy atom. The van der Waals surface area contributed by atoms with E-state index in [0.29, 0.717) is 10.0 Å². The molecule has 0 saturated carbocycles. The minimum atomic E-state index is -0.417. The van der Waals surface area contributed by atoms with Crippen molar-refractivity contribution in [3.63, 3.8) is 0 Å². The van der Waals surface area contributed by atoms with E-state index in [0.717, 1.165) is 5.56 Å². The first-order valence-corrected chi connectivity index (χ1v) is 4.07. The van der Waals surface area contributed by atoms with Crippen LogP contribution in [-0.4, -0.2) is 0 Å². The van der Waals surface area contributed by atoms with Crippen LogP contribution in [0.1, 0.15) is 11.6 Å². The molecule has 12 heavy (non-hydrogen) atoms. The van der Waals surface area contributed by atoms with Gasteiger partial charge in [-0.1, -0.05) is 35.2 Å². The molecule has 0 radical (unpaired) electrons. The van der Waals surface area contributed by atoms with Crippen molar-refractivity contribution >= 4 is 23.2 Å². The number of rotatable bonds is 1. The number of nitrogens with two attached hydrogens (primary N) is 1. The number of benzene rings is 1. The maximum atomic E-state index is 5.76. The zero-order chi connectivity index (χ0) is 9.14. The van der Waals surface area contributed by atoms with Crippen molar-refractivity contribution in [2.75, 3.05) is 0 Å². The van der Waals surface area contributed by atoms with E-state index in [1.807, 2.05) is 0 Å². The third-order valence-corrected chi connectivity index (χ3v) is 2.22. The molecule has 0 bridgehead atoms. The molecule has 0 aromatic heterocycles. The van der Waals surface area contributed by atoms with Gasteiger partial charge in [-0.15, -0.1) is 6.42 Å². The lowest BCUT2D eigenvalue weighted by Gasteiger charge is -2.05. The lowest BCUT2D eigenvalue weighted by molar-refractivity contribution is 0.947. The van der Waals surface area contributed by atoms with E-state index in [4.69, 9.17) is 35.4 Å². The van der Waals surface area contributed by atoms with Crippen molar-refractivity contribution < 1.29 is 0 Å². The molecule has 0 saturated heterocycles. The lowest BCUT2D eigenvalue weighted by atomic mass is 10.1. The predicted octanol–water partition coefficient (Wildman–Crippen LogP) is 2.63. The van der Waals surface area contributed by atoms with Crippen LogP contribution in [0, 0.1) is 12.3 Å². The first-order chi connectivity index (χ1) is 5.65. The Hall–Kier alpha value is -0.680. The van der Waals surface area contributed by atoms with Gasteiger partial charge in [-0.3, -0.25) is 0 Å². The Kier molecular flexibility index (Phi) is 2.99. The largest absolute Gasteiger partial charge is 0.314 e. The van der Waals surface area contributed by atoms with Crippen LogP contribution in [0.2, 0.25) is 10.0 Å². The zero-order valence-corrected chi connectivity index (χ0v) is 7.73. The normalized spacial score (nSPS) is 12.2. The Balaban J connectivity index is 3.06. The van der Waals surface area contributed by atoms with Crippen molar-refractivity contribution in [2.24, 2.45) is 5.73 Å². The molecule has 2 N–H and O–H groups in total. The quantitative estimate of drug-likeness (QED) is 0.692. The zero-order valence-electron chi connectivity index (χ0n) is 6.22. The van der Waals surface area contributed by atoms with Gasteiger partial charge in [-0.25, -0.2) is 0 Å². The molecule has 0 spiro atoms. The van der Waals surface area contributed by atoms with Crippen molar-refractivity contribution in [3.05, 3.63) is 33.8 Å². The SMILES string of the molecule is C#CC(N)c1ccc(Cl)c(Cl)c1. The average Bonchev–Trinajstić information content (AvgIpc) is 2.08. The summed E-state index contributed by atoms with van der Waals surface area (Å²) >= 11 is 11.5. The van der Waals surface area contributed by atoms with Gasteiger partial charge in [0.25, 0.3) is 0 Å². The van der Waals surface area contributed by atoms with Crippen molar-refractivity contribution in [1.29, 1.82) is 0 Å². The molecule has 1 nitrogen and oxygen atoms in total. The Bertz CT molecular complexity index is 328. The van der Waals surface area contributed by atoms with Gasteiger partial charge in [-0.05, 0) is 17.7 Å². The summed E-state index contributed by atoms with van der Waals surface area (Å²) in [5, 5.41) is 0.976. The highest BCUT2D eigenvalue weighted by Gasteiger charge is 2.04. The molecule has 3 heteroatoms. The van der Waals surface area contributed by atoms with Crippen molar-refractivity contribution in [2.45, 2.75) is 6.04 Å². The molecule has 62 valence electrons. The molecule has 1 aromatic carbocycles. The van der Waals surface area contributed by atoms with E-state index in [1.165, 1.54) is 0 Å². The first kappa shape index (κ1) is 9.41. The molecule has 0 aliphatic rings. The molecule has 0 heterocycles. The van der Waals surface area contributed by atoms with Crippen LogP contribution in [0.25, 0.3) is 0 Å². The van der Waals surface area contributed by atoms with Crippen LogP contribution >= 0.6 is 23.2 Å². The Morgan fingerprint density at radius 1 is 1.33 bits per heavy atom. The van der Waals surface area contributed by atoms with Crippen LogP contribution in [0.4, 0.5) is 0 Å². The van der Waals surface area contributed by atoms with Crippen LogP contribution in [0.15, 0.2) is 18.2 Å². The Morgan fingerprint density at radius 2 is 2.00 bits per heavy atom. The van der Waals surface area contributed by atoms with Crippen LogP contribution in [0.3, 0.4) is 0 Å². The van der Waals surface area contributed by atoms with E-state index < -0.39 is 6.04 Å². The second kappa shape index (κ2) is 3.82. The summed E-state index contributed by atoms with van der Waals surface area (Å²) in [7, 11) is 0. The van der Waals surface area contributed by atoms with Crippen molar-refractivity contribution in [3.8, 4) is 12.3 Å². The number of terminal acetylenes is 1. The molecule has 1 unspecified atom stereocenters. The monoisotopic (exact) mass is 199 g/mol. The fourth-order valence-corrected chi connectivity index (χ4v) is 1.11. The summed E-state index contributed by atoms with van der Waals surface area (Å²) in [5.41, 5.74) is 6.37. The van der Waals surface area contributed by atoms with E-state index in [-0.39, 0.29) is 0 Å². The highest BCUT2D eigenvalue weighted by molar-refractivity contribution is 6.42. The maximum absolute atomic E-state index is 5.76. The highest BCUT2D eigenvalue weighted by atomic mass is 35.5. The number of hydrogen-bond donors (Lipinski definition) is 1. The first-order valence-electron chi connectivity index (χ1n) is 3.32. The molecule has 0 fully saturated rings. The van der Waals surface area contributed by atoms with E-state index >= 15 is 0 Å². The fraction of sp³-hybridized carbons (Fsp3) is 0.111. The predicted molar refractivity (Wildman–Crippen MR) is 52.2 cm³/mol. The van der Waals surface area contributed by atoms with Gasteiger partial charge >= 0.3 is 0 Å². The van der Waals surface area contributed by atoms with E-state index in [1.54, 1.807) is 18.2 Å². The van der Waals surface area contributed by atoms with Crippen LogP contribution in [-0.2, 0) is 0 Å². The number of hydrogen-bond acceptors (Lipinski definition) is 1. The van der Waals surface area contributed by atoms with Crippen LogP contribution in [0.5, 0.6) is 0 Å². The van der Waals surface area contributed by atoms with Gasteiger partial charge in [-0.2, -0.15) is 0 Å². The van der Waals surface area contributed by atoms with E-state index in [9.17, 15) is 0 Å². The molecule has 0 aliphatic carbocycles. The summed E-state index contributed by atoms with van der Waals surface area (Å²) in [6, 6.07) is 4.70. The van der Waals surface area contributed by atoms with Gasteiger partial charge < -0.3 is 5.73 Å². The third kappa shape index (κ3) is 1.92. The minimum absolute atomic E-state index is 0.417.